The van der Waals surface area contributed by atoms with Gasteiger partial charge in [-0.25, -0.2) is 13.1 Å². The van der Waals surface area contributed by atoms with Crippen molar-refractivity contribution in [2.24, 2.45) is 5.41 Å². The molecule has 0 radical (unpaired) electrons. The SMILES string of the molecule is C[C@H](n1nncc1CN(C(C)(C)C)S(C)(=O)=O)C(C)(C)C. The third-order valence-electron chi connectivity index (χ3n) is 3.72. The summed E-state index contributed by atoms with van der Waals surface area (Å²) in [6.45, 7) is 14.4. The molecule has 0 N–H and O–H groups in total. The molecule has 1 heterocycles. The molecule has 6 nitrogen and oxygen atoms in total. The second kappa shape index (κ2) is 5.68. The smallest absolute Gasteiger partial charge is 0.212 e. The van der Waals surface area contributed by atoms with Gasteiger partial charge in [-0.05, 0) is 33.1 Å². The van der Waals surface area contributed by atoms with E-state index in [9.17, 15) is 8.42 Å². The van der Waals surface area contributed by atoms with Crippen LogP contribution in [-0.2, 0) is 16.6 Å². The number of nitrogens with zero attached hydrogens (tertiary/aromatic N) is 4. The van der Waals surface area contributed by atoms with E-state index in [-0.39, 0.29) is 18.0 Å². The summed E-state index contributed by atoms with van der Waals surface area (Å²) in [6, 6.07) is 0.122. The Morgan fingerprint density at radius 1 is 1.24 bits per heavy atom. The van der Waals surface area contributed by atoms with Gasteiger partial charge in [-0.1, -0.05) is 26.0 Å². The second-order valence-electron chi connectivity index (χ2n) is 7.65. The quantitative estimate of drug-likeness (QED) is 0.855. The Balaban J connectivity index is 3.17. The molecule has 0 spiro atoms. The number of rotatable bonds is 4. The summed E-state index contributed by atoms with van der Waals surface area (Å²) in [5.74, 6) is 0. The molecule has 0 bridgehead atoms. The van der Waals surface area contributed by atoms with Crippen molar-refractivity contribution in [2.45, 2.75) is 66.6 Å². The summed E-state index contributed by atoms with van der Waals surface area (Å²) in [7, 11) is -3.31. The molecule has 1 aromatic heterocycles. The van der Waals surface area contributed by atoms with Crippen LogP contribution in [0.25, 0.3) is 0 Å². The van der Waals surface area contributed by atoms with Crippen LogP contribution in [0, 0.1) is 5.41 Å². The van der Waals surface area contributed by atoms with Gasteiger partial charge in [0.1, 0.15) is 0 Å². The summed E-state index contributed by atoms with van der Waals surface area (Å²) in [5.41, 5.74) is 0.325. The van der Waals surface area contributed by atoms with Crippen LogP contribution in [0.4, 0.5) is 0 Å². The highest BCUT2D eigenvalue weighted by atomic mass is 32.2. The number of hydrogen-bond donors (Lipinski definition) is 0. The van der Waals surface area contributed by atoms with Gasteiger partial charge in [0.25, 0.3) is 0 Å². The van der Waals surface area contributed by atoms with Gasteiger partial charge in [-0.15, -0.1) is 5.10 Å². The van der Waals surface area contributed by atoms with Crippen LogP contribution in [0.15, 0.2) is 6.20 Å². The summed E-state index contributed by atoms with van der Waals surface area (Å²) < 4.78 is 27.4. The van der Waals surface area contributed by atoms with Gasteiger partial charge in [-0.3, -0.25) is 0 Å². The molecule has 0 aliphatic rings. The highest BCUT2D eigenvalue weighted by Crippen LogP contribution is 2.31. The molecule has 1 rings (SSSR count). The lowest BCUT2D eigenvalue weighted by molar-refractivity contribution is 0.211. The Kier molecular flexibility index (Phi) is 4.90. The van der Waals surface area contributed by atoms with E-state index in [2.05, 4.69) is 38.0 Å². The summed E-state index contributed by atoms with van der Waals surface area (Å²) in [6.07, 6.45) is 2.88. The van der Waals surface area contributed by atoms with Crippen molar-refractivity contribution in [2.75, 3.05) is 6.26 Å². The molecule has 0 amide bonds. The number of aromatic nitrogens is 3. The van der Waals surface area contributed by atoms with Crippen molar-refractivity contribution in [3.8, 4) is 0 Å². The molecule has 0 aliphatic carbocycles. The van der Waals surface area contributed by atoms with Crippen LogP contribution in [0.3, 0.4) is 0 Å². The number of hydrogen-bond acceptors (Lipinski definition) is 4. The summed E-state index contributed by atoms with van der Waals surface area (Å²) in [5, 5.41) is 8.11. The largest absolute Gasteiger partial charge is 0.245 e. The molecule has 0 aromatic carbocycles. The first-order valence-electron chi connectivity index (χ1n) is 7.11. The van der Waals surface area contributed by atoms with Crippen molar-refractivity contribution in [1.82, 2.24) is 19.3 Å². The van der Waals surface area contributed by atoms with Crippen LogP contribution in [0.5, 0.6) is 0 Å². The molecule has 21 heavy (non-hydrogen) atoms. The minimum absolute atomic E-state index is 0.0140. The highest BCUT2D eigenvalue weighted by Gasteiger charge is 2.32. The van der Waals surface area contributed by atoms with Crippen molar-refractivity contribution in [3.05, 3.63) is 11.9 Å². The average molecular weight is 316 g/mol. The molecule has 0 saturated heterocycles. The van der Waals surface area contributed by atoms with Gasteiger partial charge in [0.05, 0.1) is 30.7 Å². The van der Waals surface area contributed by atoms with Gasteiger partial charge in [-0.2, -0.15) is 4.31 Å². The normalized spacial score (nSPS) is 15.5. The second-order valence-corrected chi connectivity index (χ2v) is 9.56. The van der Waals surface area contributed by atoms with Crippen LogP contribution >= 0.6 is 0 Å². The Morgan fingerprint density at radius 2 is 1.76 bits per heavy atom. The van der Waals surface area contributed by atoms with E-state index >= 15 is 0 Å². The Hall–Kier alpha value is -0.950. The van der Waals surface area contributed by atoms with E-state index in [4.69, 9.17) is 0 Å². The zero-order valence-corrected chi connectivity index (χ0v) is 15.2. The van der Waals surface area contributed by atoms with Crippen molar-refractivity contribution >= 4 is 10.0 Å². The monoisotopic (exact) mass is 316 g/mol. The Labute approximate surface area is 128 Å². The van der Waals surface area contributed by atoms with Crippen molar-refractivity contribution in [3.63, 3.8) is 0 Å². The van der Waals surface area contributed by atoms with Crippen LogP contribution < -0.4 is 0 Å². The fourth-order valence-electron chi connectivity index (χ4n) is 2.07. The third kappa shape index (κ3) is 4.51. The molecule has 1 aromatic rings. The first-order chi connectivity index (χ1) is 9.24. The molecule has 0 aliphatic heterocycles. The summed E-state index contributed by atoms with van der Waals surface area (Å²) >= 11 is 0. The molecular weight excluding hydrogens is 288 g/mol. The van der Waals surface area contributed by atoms with E-state index in [1.807, 2.05) is 25.5 Å². The minimum atomic E-state index is -3.31. The molecule has 7 heteroatoms. The Bertz CT molecular complexity index is 579. The molecular formula is C14H28N4O2S. The van der Waals surface area contributed by atoms with Crippen molar-refractivity contribution < 1.29 is 8.42 Å². The van der Waals surface area contributed by atoms with Gasteiger partial charge >= 0.3 is 0 Å². The van der Waals surface area contributed by atoms with Crippen LogP contribution in [0.2, 0.25) is 0 Å². The van der Waals surface area contributed by atoms with Crippen LogP contribution in [-0.4, -0.2) is 39.5 Å². The minimum Gasteiger partial charge on any atom is -0.245 e. The van der Waals surface area contributed by atoms with E-state index < -0.39 is 15.6 Å². The van der Waals surface area contributed by atoms with Gasteiger partial charge in [0, 0.05) is 5.54 Å². The zero-order chi connectivity index (χ0) is 16.6. The number of sulfonamides is 1. The molecule has 0 fully saturated rings. The zero-order valence-electron chi connectivity index (χ0n) is 14.4. The maximum Gasteiger partial charge on any atom is 0.212 e. The predicted molar refractivity (Wildman–Crippen MR) is 84.3 cm³/mol. The first-order valence-corrected chi connectivity index (χ1v) is 8.96. The standard InChI is InChI=1S/C14H28N4O2S/c1-11(13(2,3)4)18-12(9-15-16-18)10-17(14(5,6)7)21(8,19)20/h9,11H,10H2,1-8H3/t11-/m0/s1. The summed E-state index contributed by atoms with van der Waals surface area (Å²) in [4.78, 5) is 0. The van der Waals surface area contributed by atoms with E-state index in [1.165, 1.54) is 10.6 Å². The lowest BCUT2D eigenvalue weighted by Gasteiger charge is -2.34. The average Bonchev–Trinajstić information content (AvgIpc) is 2.67. The van der Waals surface area contributed by atoms with Crippen LogP contribution in [0.1, 0.15) is 60.2 Å². The van der Waals surface area contributed by atoms with Gasteiger partial charge in [0.2, 0.25) is 10.0 Å². The first kappa shape index (κ1) is 18.1. The highest BCUT2D eigenvalue weighted by molar-refractivity contribution is 7.88. The fraction of sp³-hybridized carbons (Fsp3) is 0.857. The van der Waals surface area contributed by atoms with Gasteiger partial charge in [0.15, 0.2) is 0 Å². The van der Waals surface area contributed by atoms with Crippen molar-refractivity contribution in [1.29, 1.82) is 0 Å². The molecule has 0 unspecified atom stereocenters. The maximum atomic E-state index is 12.1. The maximum absolute atomic E-state index is 12.1. The Morgan fingerprint density at radius 3 is 2.14 bits per heavy atom. The topological polar surface area (TPSA) is 68.1 Å². The molecule has 122 valence electrons. The molecule has 1 atom stereocenters. The fourth-order valence-corrected chi connectivity index (χ4v) is 3.43. The van der Waals surface area contributed by atoms with E-state index in [1.54, 1.807) is 6.20 Å². The van der Waals surface area contributed by atoms with Gasteiger partial charge < -0.3 is 0 Å². The lowest BCUT2D eigenvalue weighted by atomic mass is 9.88. The van der Waals surface area contributed by atoms with E-state index in [0.717, 1.165) is 5.69 Å². The van der Waals surface area contributed by atoms with E-state index in [0.29, 0.717) is 0 Å². The predicted octanol–water partition coefficient (Wildman–Crippen LogP) is 2.45. The third-order valence-corrected chi connectivity index (χ3v) is 5.20. The molecule has 0 saturated carbocycles. The lowest BCUT2D eigenvalue weighted by Crippen LogP contribution is -2.45.